The van der Waals surface area contributed by atoms with E-state index in [-0.39, 0.29) is 5.82 Å². The number of nitriles is 1. The van der Waals surface area contributed by atoms with Gasteiger partial charge in [-0.3, -0.25) is 0 Å². The first-order valence-corrected chi connectivity index (χ1v) is 7.22. The molecule has 0 spiro atoms. The largest absolute Gasteiger partial charge is 0.488 e. The lowest BCUT2D eigenvalue weighted by Crippen LogP contribution is -1.96. The lowest BCUT2D eigenvalue weighted by Gasteiger charge is -2.11. The summed E-state index contributed by atoms with van der Waals surface area (Å²) in [5.74, 6) is 0.113. The van der Waals surface area contributed by atoms with Crippen LogP contribution in [0.4, 0.5) is 4.39 Å². The number of halogens is 2. The molecule has 0 bridgehead atoms. The Morgan fingerprint density at radius 2 is 2.00 bits per heavy atom. The van der Waals surface area contributed by atoms with Gasteiger partial charge < -0.3 is 4.74 Å². The van der Waals surface area contributed by atoms with Gasteiger partial charge in [0.05, 0.1) is 6.07 Å². The van der Waals surface area contributed by atoms with E-state index >= 15 is 0 Å². The molecule has 1 heterocycles. The fourth-order valence-electron chi connectivity index (χ4n) is 2.51. The number of rotatable bonds is 0. The molecule has 21 heavy (non-hydrogen) atoms. The zero-order valence-corrected chi connectivity index (χ0v) is 12.9. The predicted octanol–water partition coefficient (Wildman–Crippen LogP) is 4.83. The number of nitrogens with zero attached hydrogens (tertiary/aromatic N) is 1. The van der Waals surface area contributed by atoms with Crippen molar-refractivity contribution in [3.05, 3.63) is 69.0 Å². The zero-order chi connectivity index (χ0) is 15.0. The monoisotopic (exact) mass is 343 g/mol. The molecule has 2 aromatic rings. The third-order valence-corrected chi connectivity index (χ3v) is 3.97. The number of hydrogen-bond acceptors (Lipinski definition) is 2. The molecule has 0 aromatic heterocycles. The van der Waals surface area contributed by atoms with Gasteiger partial charge in [-0.25, -0.2) is 4.39 Å². The average Bonchev–Trinajstić information content (AvgIpc) is 2.63. The maximum atomic E-state index is 13.5. The molecule has 2 nitrogen and oxygen atoms in total. The van der Waals surface area contributed by atoms with Crippen LogP contribution in [-0.2, 0) is 6.61 Å². The quantitative estimate of drug-likeness (QED) is 0.642. The molecule has 0 unspecified atom stereocenters. The molecule has 0 aliphatic carbocycles. The minimum Gasteiger partial charge on any atom is -0.488 e. The summed E-state index contributed by atoms with van der Waals surface area (Å²) in [7, 11) is 0. The maximum absolute atomic E-state index is 13.5. The molecular formula is C17H11BrFNO. The van der Waals surface area contributed by atoms with E-state index in [9.17, 15) is 9.65 Å². The van der Waals surface area contributed by atoms with E-state index in [1.165, 1.54) is 12.1 Å². The topological polar surface area (TPSA) is 33.0 Å². The number of allylic oxidation sites excluding steroid dienone is 1. The highest BCUT2D eigenvalue weighted by Crippen LogP contribution is 2.39. The third kappa shape index (κ3) is 2.45. The standard InChI is InChI=1S/C17H11BrFNO/c1-10(8-20)17-14-4-2-12(18)6-11(14)9-21-16-7-13(19)3-5-15(16)17/h2-7H,9H2,1H3. The van der Waals surface area contributed by atoms with Crippen LogP contribution in [0.1, 0.15) is 23.6 Å². The van der Waals surface area contributed by atoms with Crippen LogP contribution >= 0.6 is 15.9 Å². The van der Waals surface area contributed by atoms with Crippen LogP contribution in [0, 0.1) is 17.1 Å². The molecule has 0 amide bonds. The second-order valence-corrected chi connectivity index (χ2v) is 5.76. The van der Waals surface area contributed by atoms with Gasteiger partial charge in [0.1, 0.15) is 18.2 Å². The van der Waals surface area contributed by atoms with E-state index in [1.807, 2.05) is 18.2 Å². The molecule has 104 valence electrons. The minimum absolute atomic E-state index is 0.341. The molecule has 4 heteroatoms. The lowest BCUT2D eigenvalue weighted by molar-refractivity contribution is 0.305. The SMILES string of the molecule is CC(C#N)=C1c2ccc(Br)cc2COc2cc(F)ccc21. The minimum atomic E-state index is -0.352. The molecule has 0 saturated carbocycles. The molecule has 0 radical (unpaired) electrons. The van der Waals surface area contributed by atoms with E-state index in [4.69, 9.17) is 4.74 Å². The Bertz CT molecular complexity index is 749. The van der Waals surface area contributed by atoms with E-state index in [1.54, 1.807) is 13.0 Å². The molecule has 2 aromatic carbocycles. The Balaban J connectivity index is 2.34. The number of benzene rings is 2. The molecule has 0 saturated heterocycles. The first kappa shape index (κ1) is 13.8. The maximum Gasteiger partial charge on any atom is 0.130 e. The van der Waals surface area contributed by atoms with Gasteiger partial charge in [0.25, 0.3) is 0 Å². The van der Waals surface area contributed by atoms with Gasteiger partial charge in [-0.1, -0.05) is 22.0 Å². The summed E-state index contributed by atoms with van der Waals surface area (Å²) in [5.41, 5.74) is 4.04. The van der Waals surface area contributed by atoms with Crippen molar-refractivity contribution in [1.29, 1.82) is 5.26 Å². The van der Waals surface area contributed by atoms with Crippen molar-refractivity contribution in [1.82, 2.24) is 0 Å². The van der Waals surface area contributed by atoms with Crippen LogP contribution in [0.5, 0.6) is 5.75 Å². The van der Waals surface area contributed by atoms with Gasteiger partial charge in [0.15, 0.2) is 0 Å². The van der Waals surface area contributed by atoms with E-state index in [0.29, 0.717) is 17.9 Å². The third-order valence-electron chi connectivity index (χ3n) is 3.48. The number of fused-ring (bicyclic) bond motifs is 2. The van der Waals surface area contributed by atoms with Crippen LogP contribution in [0.3, 0.4) is 0 Å². The Kier molecular flexibility index (Phi) is 3.52. The Morgan fingerprint density at radius 3 is 2.76 bits per heavy atom. The van der Waals surface area contributed by atoms with Crippen LogP contribution in [0.25, 0.3) is 5.57 Å². The Hall–Kier alpha value is -2.12. The summed E-state index contributed by atoms with van der Waals surface area (Å²) >= 11 is 3.44. The van der Waals surface area contributed by atoms with Crippen molar-refractivity contribution in [2.45, 2.75) is 13.5 Å². The van der Waals surface area contributed by atoms with Gasteiger partial charge in [-0.15, -0.1) is 0 Å². The van der Waals surface area contributed by atoms with Crippen LogP contribution in [0.2, 0.25) is 0 Å². The van der Waals surface area contributed by atoms with Gasteiger partial charge in [-0.2, -0.15) is 5.26 Å². The van der Waals surface area contributed by atoms with Crippen molar-refractivity contribution in [3.63, 3.8) is 0 Å². The molecule has 0 N–H and O–H groups in total. The van der Waals surface area contributed by atoms with Gasteiger partial charge in [-0.05, 0) is 42.3 Å². The van der Waals surface area contributed by atoms with Crippen molar-refractivity contribution in [2.24, 2.45) is 0 Å². The van der Waals surface area contributed by atoms with E-state index < -0.39 is 0 Å². The molecule has 3 rings (SSSR count). The van der Waals surface area contributed by atoms with Crippen LogP contribution < -0.4 is 4.74 Å². The summed E-state index contributed by atoms with van der Waals surface area (Å²) in [6.07, 6.45) is 0. The van der Waals surface area contributed by atoms with Crippen LogP contribution in [0.15, 0.2) is 46.4 Å². The van der Waals surface area contributed by atoms with Crippen molar-refractivity contribution in [3.8, 4) is 11.8 Å². The fourth-order valence-corrected chi connectivity index (χ4v) is 2.92. The van der Waals surface area contributed by atoms with Crippen molar-refractivity contribution >= 4 is 21.5 Å². The summed E-state index contributed by atoms with van der Waals surface area (Å²) in [6, 6.07) is 12.4. The molecule has 1 aliphatic heterocycles. The second-order valence-electron chi connectivity index (χ2n) is 4.84. The van der Waals surface area contributed by atoms with Gasteiger partial charge in [0.2, 0.25) is 0 Å². The first-order valence-electron chi connectivity index (χ1n) is 6.42. The van der Waals surface area contributed by atoms with E-state index in [2.05, 4.69) is 22.0 Å². The van der Waals surface area contributed by atoms with E-state index in [0.717, 1.165) is 26.7 Å². The summed E-state index contributed by atoms with van der Waals surface area (Å²) in [4.78, 5) is 0. The smallest absolute Gasteiger partial charge is 0.130 e. The first-order chi connectivity index (χ1) is 10.1. The highest BCUT2D eigenvalue weighted by Gasteiger charge is 2.21. The normalized spacial score (nSPS) is 15.1. The number of hydrogen-bond donors (Lipinski definition) is 0. The lowest BCUT2D eigenvalue weighted by atomic mass is 9.91. The van der Waals surface area contributed by atoms with Crippen LogP contribution in [-0.4, -0.2) is 0 Å². The summed E-state index contributed by atoms with van der Waals surface area (Å²) in [5, 5.41) is 9.31. The number of ether oxygens (including phenoxy) is 1. The summed E-state index contributed by atoms with van der Waals surface area (Å²) < 4.78 is 20.1. The van der Waals surface area contributed by atoms with Gasteiger partial charge in [0, 0.05) is 27.2 Å². The van der Waals surface area contributed by atoms with Crippen molar-refractivity contribution < 1.29 is 9.13 Å². The molecule has 0 atom stereocenters. The second kappa shape index (κ2) is 5.34. The van der Waals surface area contributed by atoms with Gasteiger partial charge >= 0.3 is 0 Å². The highest BCUT2D eigenvalue weighted by molar-refractivity contribution is 9.10. The van der Waals surface area contributed by atoms with Crippen molar-refractivity contribution in [2.75, 3.05) is 0 Å². The molecular weight excluding hydrogens is 333 g/mol. The summed E-state index contributed by atoms with van der Waals surface area (Å²) in [6.45, 7) is 2.10. The Labute approximate surface area is 130 Å². The average molecular weight is 344 g/mol. The zero-order valence-electron chi connectivity index (χ0n) is 11.3. The molecule has 1 aliphatic rings. The Morgan fingerprint density at radius 1 is 1.24 bits per heavy atom. The molecule has 0 fully saturated rings. The fraction of sp³-hybridized carbons (Fsp3) is 0.118. The highest BCUT2D eigenvalue weighted by atomic mass is 79.9. The predicted molar refractivity (Wildman–Crippen MR) is 82.2 cm³/mol.